The van der Waals surface area contributed by atoms with E-state index in [0.717, 1.165) is 50.3 Å². The molecule has 0 aromatic heterocycles. The third kappa shape index (κ3) is 3.13. The second kappa shape index (κ2) is 8.27. The Labute approximate surface area is 221 Å². The minimum atomic E-state index is -0.301. The molecule has 0 aromatic rings. The van der Waals surface area contributed by atoms with E-state index in [4.69, 9.17) is 9.47 Å². The van der Waals surface area contributed by atoms with E-state index >= 15 is 0 Å². The average Bonchev–Trinajstić information content (AvgIpc) is 3.57. The molecule has 6 aliphatic heterocycles. The SMILES string of the molecule is O=C1C=C2CC(SCCSC3CC4=CC(=O)O[C@]45C[C@H]3N3CCCC[C@H]35)[C@@H]3C[C@@]2(O1)[C@H]1CCCCN31. The summed E-state index contributed by atoms with van der Waals surface area (Å²) in [5, 5.41) is 1.12. The van der Waals surface area contributed by atoms with Gasteiger partial charge in [-0.1, -0.05) is 12.8 Å². The molecule has 8 aliphatic rings. The zero-order valence-electron chi connectivity index (χ0n) is 20.9. The van der Waals surface area contributed by atoms with E-state index in [0.29, 0.717) is 34.7 Å². The second-order valence-electron chi connectivity index (χ2n) is 12.2. The van der Waals surface area contributed by atoms with E-state index in [2.05, 4.69) is 33.3 Å². The maximum absolute atomic E-state index is 12.3. The zero-order valence-corrected chi connectivity index (χ0v) is 22.5. The van der Waals surface area contributed by atoms with Crippen molar-refractivity contribution < 1.29 is 19.1 Å². The van der Waals surface area contributed by atoms with Crippen molar-refractivity contribution in [1.82, 2.24) is 9.80 Å². The number of fused-ring (bicyclic) bond motifs is 6. The predicted octanol–water partition coefficient (Wildman–Crippen LogP) is 3.70. The van der Waals surface area contributed by atoms with Gasteiger partial charge in [-0.25, -0.2) is 9.59 Å². The number of carbonyl (C=O) groups excluding carboxylic acids is 2. The second-order valence-corrected chi connectivity index (χ2v) is 14.9. The van der Waals surface area contributed by atoms with E-state index in [1.165, 1.54) is 49.7 Å². The summed E-state index contributed by atoms with van der Waals surface area (Å²) in [6, 6.07) is 1.89. The van der Waals surface area contributed by atoms with Crippen molar-refractivity contribution in [3.63, 3.8) is 0 Å². The minimum Gasteiger partial charge on any atom is -0.450 e. The average molecular weight is 529 g/mol. The molecule has 6 heterocycles. The van der Waals surface area contributed by atoms with Crippen molar-refractivity contribution in [2.45, 2.75) is 110 Å². The summed E-state index contributed by atoms with van der Waals surface area (Å²) in [7, 11) is 0. The lowest BCUT2D eigenvalue weighted by Crippen LogP contribution is -2.48. The first-order chi connectivity index (χ1) is 17.6. The quantitative estimate of drug-likeness (QED) is 0.396. The Morgan fingerprint density at radius 2 is 1.22 bits per heavy atom. The fraction of sp³-hybridized carbons (Fsp3) is 0.786. The molecule has 0 radical (unpaired) electrons. The van der Waals surface area contributed by atoms with Crippen LogP contribution in [0.2, 0.25) is 0 Å². The maximum atomic E-state index is 12.3. The molecule has 0 amide bonds. The summed E-state index contributed by atoms with van der Waals surface area (Å²) in [6.07, 6.45) is 15.1. The third-order valence-electron chi connectivity index (χ3n) is 10.7. The molecule has 36 heavy (non-hydrogen) atoms. The molecule has 8 atom stereocenters. The Hall–Kier alpha value is -0.960. The number of piperidine rings is 2. The molecule has 2 spiro atoms. The molecule has 2 unspecified atom stereocenters. The molecule has 8 rings (SSSR count). The van der Waals surface area contributed by atoms with Crippen LogP contribution in [0, 0.1) is 0 Å². The third-order valence-corrected chi connectivity index (χ3v) is 13.7. The molecule has 2 aliphatic carbocycles. The zero-order chi connectivity index (χ0) is 24.1. The van der Waals surface area contributed by atoms with Crippen LogP contribution in [0.25, 0.3) is 0 Å². The fourth-order valence-corrected chi connectivity index (χ4v) is 12.3. The highest BCUT2D eigenvalue weighted by Gasteiger charge is 2.65. The largest absolute Gasteiger partial charge is 0.450 e. The predicted molar refractivity (Wildman–Crippen MR) is 141 cm³/mol. The lowest BCUT2D eigenvalue weighted by atomic mass is 9.77. The van der Waals surface area contributed by atoms with Crippen molar-refractivity contribution >= 4 is 35.5 Å². The number of thioether (sulfide) groups is 2. The fourth-order valence-electron chi connectivity index (χ4n) is 9.42. The molecular weight excluding hydrogens is 492 g/mol. The van der Waals surface area contributed by atoms with Crippen LogP contribution in [0.1, 0.15) is 64.2 Å². The van der Waals surface area contributed by atoms with Crippen molar-refractivity contribution in [1.29, 1.82) is 0 Å². The van der Waals surface area contributed by atoms with Gasteiger partial charge in [0.1, 0.15) is 0 Å². The van der Waals surface area contributed by atoms with Crippen LogP contribution in [0.5, 0.6) is 0 Å². The van der Waals surface area contributed by atoms with Crippen LogP contribution in [0.15, 0.2) is 23.3 Å². The van der Waals surface area contributed by atoms with Crippen LogP contribution in [0.3, 0.4) is 0 Å². The monoisotopic (exact) mass is 528 g/mol. The molecule has 2 saturated carbocycles. The highest BCUT2D eigenvalue weighted by molar-refractivity contribution is 8.03. The van der Waals surface area contributed by atoms with E-state index in [9.17, 15) is 9.59 Å². The number of nitrogens with zero attached hydrogens (tertiary/aromatic N) is 2. The molecule has 0 N–H and O–H groups in total. The molecule has 4 saturated heterocycles. The van der Waals surface area contributed by atoms with E-state index in [1.807, 2.05) is 12.2 Å². The van der Waals surface area contributed by atoms with Gasteiger partial charge in [0.2, 0.25) is 0 Å². The molecule has 6 nitrogen and oxygen atoms in total. The number of hydrogen-bond acceptors (Lipinski definition) is 8. The molecule has 0 aromatic carbocycles. The molecule has 6 fully saturated rings. The number of ether oxygens (including phenoxy) is 2. The van der Waals surface area contributed by atoms with Gasteiger partial charge < -0.3 is 9.47 Å². The van der Waals surface area contributed by atoms with Crippen LogP contribution < -0.4 is 0 Å². The Bertz CT molecular complexity index is 980. The van der Waals surface area contributed by atoms with E-state index in [-0.39, 0.29) is 23.1 Å². The first-order valence-electron chi connectivity index (χ1n) is 14.2. The van der Waals surface area contributed by atoms with Gasteiger partial charge in [0.15, 0.2) is 11.2 Å². The summed E-state index contributed by atoms with van der Waals surface area (Å²) in [5.41, 5.74) is 1.97. The van der Waals surface area contributed by atoms with Gasteiger partial charge in [-0.05, 0) is 62.8 Å². The van der Waals surface area contributed by atoms with Crippen LogP contribution in [-0.2, 0) is 19.1 Å². The molecule has 194 valence electrons. The van der Waals surface area contributed by atoms with E-state index < -0.39 is 0 Å². The molecule has 4 bridgehead atoms. The summed E-state index contributed by atoms with van der Waals surface area (Å²) >= 11 is 4.26. The number of carbonyl (C=O) groups is 2. The number of esters is 2. The van der Waals surface area contributed by atoms with Crippen LogP contribution >= 0.6 is 23.5 Å². The van der Waals surface area contributed by atoms with Gasteiger partial charge in [-0.15, -0.1) is 0 Å². The summed E-state index contributed by atoms with van der Waals surface area (Å²) < 4.78 is 12.1. The topological polar surface area (TPSA) is 59.1 Å². The summed E-state index contributed by atoms with van der Waals surface area (Å²) in [4.78, 5) is 30.0. The Morgan fingerprint density at radius 1 is 0.750 bits per heavy atom. The van der Waals surface area contributed by atoms with Crippen molar-refractivity contribution in [2.24, 2.45) is 0 Å². The first kappa shape index (κ1) is 23.0. The van der Waals surface area contributed by atoms with E-state index in [1.54, 1.807) is 0 Å². The Morgan fingerprint density at radius 3 is 1.69 bits per heavy atom. The van der Waals surface area contributed by atoms with Gasteiger partial charge >= 0.3 is 11.9 Å². The van der Waals surface area contributed by atoms with Crippen LogP contribution in [-0.4, -0.2) is 92.2 Å². The van der Waals surface area contributed by atoms with Crippen molar-refractivity contribution in [2.75, 3.05) is 24.6 Å². The van der Waals surface area contributed by atoms with Gasteiger partial charge in [-0.3, -0.25) is 9.80 Å². The normalized spacial score (nSPS) is 46.9. The van der Waals surface area contributed by atoms with Crippen molar-refractivity contribution in [3.8, 4) is 0 Å². The smallest absolute Gasteiger partial charge is 0.331 e. The van der Waals surface area contributed by atoms with Gasteiger partial charge in [0.05, 0.1) is 12.1 Å². The summed E-state index contributed by atoms with van der Waals surface area (Å²) in [6.45, 7) is 2.32. The standard InChI is InChI=1S/C28H36N2O4S2/c31-25-13-17-11-21(19-15-27(17,33-25)23-5-1-3-7-29(19)23)35-9-10-36-22-12-18-14-26(32)34-28(18)16-20(22)30-8-4-2-6-24(28)30/h13-14,19-24H,1-12,15-16H2/t19-,20+,21?,22?,23+,24-,27-,28+. The number of rotatable bonds is 5. The Kier molecular flexibility index (Phi) is 5.28. The van der Waals surface area contributed by atoms with Gasteiger partial charge in [-0.2, -0.15) is 23.5 Å². The van der Waals surface area contributed by atoms with Gasteiger partial charge in [0.25, 0.3) is 0 Å². The molecular formula is C28H36N2O4S2. The highest BCUT2D eigenvalue weighted by atomic mass is 32.2. The highest BCUT2D eigenvalue weighted by Crippen LogP contribution is 2.57. The Balaban J connectivity index is 0.943. The number of hydrogen-bond donors (Lipinski definition) is 0. The maximum Gasteiger partial charge on any atom is 0.331 e. The van der Waals surface area contributed by atoms with Crippen molar-refractivity contribution in [3.05, 3.63) is 23.3 Å². The summed E-state index contributed by atoms with van der Waals surface area (Å²) in [5.74, 6) is 2.07. The lowest BCUT2D eigenvalue weighted by molar-refractivity contribution is -0.149. The molecule has 8 heteroatoms. The lowest BCUT2D eigenvalue weighted by Gasteiger charge is -2.38. The van der Waals surface area contributed by atoms with Gasteiger partial charge in [0, 0.05) is 59.1 Å². The first-order valence-corrected chi connectivity index (χ1v) is 16.3. The van der Waals surface area contributed by atoms with Crippen LogP contribution in [0.4, 0.5) is 0 Å². The minimum absolute atomic E-state index is 0.109.